The van der Waals surface area contributed by atoms with Gasteiger partial charge in [-0.25, -0.2) is 13.4 Å². The topological polar surface area (TPSA) is 56.8 Å². The molecule has 0 aliphatic carbocycles. The summed E-state index contributed by atoms with van der Waals surface area (Å²) in [4.78, 5) is 9.21. The Balaban J connectivity index is 1.41. The van der Waals surface area contributed by atoms with Gasteiger partial charge in [0.1, 0.15) is 10.7 Å². The number of hydrogen-bond acceptors (Lipinski definition) is 5. The summed E-state index contributed by atoms with van der Waals surface area (Å²) in [7, 11) is -1.44. The Kier molecular flexibility index (Phi) is 5.90. The fraction of sp³-hybridized carbons (Fsp3) is 0.500. The summed E-state index contributed by atoms with van der Waals surface area (Å²) in [6.45, 7) is 6.66. The van der Waals surface area contributed by atoms with Crippen LogP contribution in [0.2, 0.25) is 0 Å². The molecule has 2 aliphatic rings. The average molecular weight is 415 g/mol. The third-order valence-corrected chi connectivity index (χ3v) is 8.15. The van der Waals surface area contributed by atoms with Gasteiger partial charge in [0.2, 0.25) is 10.0 Å². The van der Waals surface area contributed by atoms with Gasteiger partial charge in [0.15, 0.2) is 0 Å². The number of hydrogen-bond donors (Lipinski definition) is 0. The molecule has 0 spiro atoms. The predicted octanol–water partition coefficient (Wildman–Crippen LogP) is 2.71. The Morgan fingerprint density at radius 2 is 1.62 bits per heavy atom. The lowest BCUT2D eigenvalue weighted by molar-refractivity contribution is 0.222. The molecule has 6 nitrogen and oxygen atoms in total. The van der Waals surface area contributed by atoms with E-state index >= 15 is 0 Å². The van der Waals surface area contributed by atoms with Crippen LogP contribution in [0.4, 0.5) is 5.82 Å². The van der Waals surface area contributed by atoms with E-state index in [1.54, 1.807) is 10.4 Å². The molecule has 2 aromatic rings. The van der Waals surface area contributed by atoms with E-state index in [1.165, 1.54) is 17.3 Å². The molecule has 2 saturated heterocycles. The first-order valence-corrected chi connectivity index (χ1v) is 11.8. The van der Waals surface area contributed by atoms with Crippen LogP contribution in [0.1, 0.15) is 29.9 Å². The van der Waals surface area contributed by atoms with Gasteiger partial charge in [-0.15, -0.1) is 0 Å². The van der Waals surface area contributed by atoms with Crippen LogP contribution < -0.4 is 4.90 Å². The van der Waals surface area contributed by atoms with Crippen molar-refractivity contribution >= 4 is 15.8 Å². The monoisotopic (exact) mass is 414 g/mol. The minimum absolute atomic E-state index is 0.292. The maximum atomic E-state index is 12.9. The summed E-state index contributed by atoms with van der Waals surface area (Å²) < 4.78 is 27.3. The molecule has 2 aliphatic heterocycles. The summed E-state index contributed by atoms with van der Waals surface area (Å²) >= 11 is 0. The molecule has 4 rings (SSSR count). The molecule has 0 amide bonds. The van der Waals surface area contributed by atoms with Crippen molar-refractivity contribution < 1.29 is 8.42 Å². The summed E-state index contributed by atoms with van der Waals surface area (Å²) in [6, 6.07) is 12.2. The zero-order valence-corrected chi connectivity index (χ0v) is 18.1. The number of rotatable bonds is 4. The number of anilines is 1. The highest BCUT2D eigenvalue weighted by Crippen LogP contribution is 2.31. The van der Waals surface area contributed by atoms with Gasteiger partial charge in [-0.05, 0) is 56.0 Å². The highest BCUT2D eigenvalue weighted by molar-refractivity contribution is 7.89. The van der Waals surface area contributed by atoms with Gasteiger partial charge >= 0.3 is 0 Å². The van der Waals surface area contributed by atoms with Crippen LogP contribution in [0.5, 0.6) is 0 Å². The Hall–Kier alpha value is -1.96. The van der Waals surface area contributed by atoms with Gasteiger partial charge in [0.05, 0.1) is 0 Å². The van der Waals surface area contributed by atoms with Crippen LogP contribution in [0.15, 0.2) is 47.5 Å². The van der Waals surface area contributed by atoms with E-state index in [2.05, 4.69) is 46.0 Å². The molecule has 156 valence electrons. The van der Waals surface area contributed by atoms with E-state index in [-0.39, 0.29) is 0 Å². The zero-order chi connectivity index (χ0) is 20.4. The third kappa shape index (κ3) is 4.32. The van der Waals surface area contributed by atoms with Crippen molar-refractivity contribution in [3.05, 3.63) is 53.7 Å². The largest absolute Gasteiger partial charge is 0.357 e. The number of aryl methyl sites for hydroxylation is 1. The Morgan fingerprint density at radius 1 is 0.931 bits per heavy atom. The van der Waals surface area contributed by atoms with Gasteiger partial charge in [-0.1, -0.05) is 24.3 Å². The smallest absolute Gasteiger partial charge is 0.244 e. The van der Waals surface area contributed by atoms with Crippen LogP contribution >= 0.6 is 0 Å². The van der Waals surface area contributed by atoms with Crippen LogP contribution in [0.3, 0.4) is 0 Å². The lowest BCUT2D eigenvalue weighted by Crippen LogP contribution is -2.47. The fourth-order valence-corrected chi connectivity index (χ4v) is 5.72. The molecule has 29 heavy (non-hydrogen) atoms. The number of benzene rings is 1. The normalized spacial score (nSPS) is 20.1. The first-order chi connectivity index (χ1) is 13.9. The Bertz CT molecular complexity index is 930. The second-order valence-electron chi connectivity index (χ2n) is 8.18. The molecule has 7 heteroatoms. The quantitative estimate of drug-likeness (QED) is 0.770. The van der Waals surface area contributed by atoms with Gasteiger partial charge in [-0.2, -0.15) is 4.31 Å². The zero-order valence-electron chi connectivity index (χ0n) is 17.3. The molecule has 0 atom stereocenters. The summed E-state index contributed by atoms with van der Waals surface area (Å²) in [5.41, 5.74) is 2.82. The van der Waals surface area contributed by atoms with Gasteiger partial charge < -0.3 is 9.80 Å². The fourth-order valence-electron chi connectivity index (χ4n) is 4.35. The number of sulfonamides is 1. The number of nitrogens with zero attached hydrogens (tertiary/aromatic N) is 4. The van der Waals surface area contributed by atoms with Crippen molar-refractivity contribution in [2.45, 2.75) is 30.6 Å². The van der Waals surface area contributed by atoms with E-state index in [9.17, 15) is 8.42 Å². The van der Waals surface area contributed by atoms with Gasteiger partial charge in [0, 0.05) is 45.5 Å². The van der Waals surface area contributed by atoms with Crippen LogP contribution in [-0.2, 0) is 10.0 Å². The Labute approximate surface area is 174 Å². The van der Waals surface area contributed by atoms with Crippen LogP contribution in [0, 0.1) is 6.92 Å². The van der Waals surface area contributed by atoms with Crippen molar-refractivity contribution in [1.29, 1.82) is 0 Å². The average Bonchev–Trinajstić information content (AvgIpc) is 2.75. The van der Waals surface area contributed by atoms with Crippen molar-refractivity contribution in [3.63, 3.8) is 0 Å². The third-order valence-electron chi connectivity index (χ3n) is 6.27. The van der Waals surface area contributed by atoms with Crippen molar-refractivity contribution in [1.82, 2.24) is 14.2 Å². The van der Waals surface area contributed by atoms with E-state index < -0.39 is 10.0 Å². The molecule has 3 heterocycles. The van der Waals surface area contributed by atoms with Crippen LogP contribution in [0.25, 0.3) is 0 Å². The Morgan fingerprint density at radius 3 is 2.24 bits per heavy atom. The van der Waals surface area contributed by atoms with E-state index in [1.807, 2.05) is 13.1 Å². The molecule has 0 saturated carbocycles. The molecule has 0 N–H and O–H groups in total. The highest BCUT2D eigenvalue weighted by Gasteiger charge is 2.28. The molecule has 1 aromatic heterocycles. The molecular formula is C22H30N4O2S. The lowest BCUT2D eigenvalue weighted by atomic mass is 9.87. The second kappa shape index (κ2) is 8.42. The summed E-state index contributed by atoms with van der Waals surface area (Å²) in [5.74, 6) is 1.45. The number of pyridine rings is 1. The maximum Gasteiger partial charge on any atom is 0.244 e. The standard InChI is InChI=1S/C22H30N4O2S/c1-18-5-3-4-6-21(18)19-9-11-25(12-10-19)22-8-7-20(17-23-22)29(27,28)26-15-13-24(2)14-16-26/h3-8,17,19H,9-16H2,1-2H3. The summed E-state index contributed by atoms with van der Waals surface area (Å²) in [6.07, 6.45) is 3.71. The van der Waals surface area contributed by atoms with Crippen LogP contribution in [-0.4, -0.2) is 68.9 Å². The molecular weight excluding hydrogens is 384 g/mol. The second-order valence-corrected chi connectivity index (χ2v) is 10.1. The highest BCUT2D eigenvalue weighted by atomic mass is 32.2. The van der Waals surface area contributed by atoms with Crippen molar-refractivity contribution in [3.8, 4) is 0 Å². The number of piperazine rings is 1. The number of likely N-dealkylation sites (N-methyl/N-ethyl adjacent to an activating group) is 1. The maximum absolute atomic E-state index is 12.9. The first-order valence-electron chi connectivity index (χ1n) is 10.4. The minimum Gasteiger partial charge on any atom is -0.357 e. The van der Waals surface area contributed by atoms with E-state index in [0.29, 0.717) is 23.9 Å². The number of aromatic nitrogens is 1. The summed E-state index contributed by atoms with van der Waals surface area (Å²) in [5, 5.41) is 0. The first kappa shape index (κ1) is 20.3. The molecule has 0 radical (unpaired) electrons. The minimum atomic E-state index is -3.46. The van der Waals surface area contributed by atoms with E-state index in [0.717, 1.165) is 44.8 Å². The van der Waals surface area contributed by atoms with E-state index in [4.69, 9.17) is 0 Å². The van der Waals surface area contributed by atoms with Crippen molar-refractivity contribution in [2.75, 3.05) is 51.2 Å². The number of piperidine rings is 1. The molecule has 0 bridgehead atoms. The predicted molar refractivity (Wildman–Crippen MR) is 116 cm³/mol. The van der Waals surface area contributed by atoms with Gasteiger partial charge in [-0.3, -0.25) is 0 Å². The van der Waals surface area contributed by atoms with Gasteiger partial charge in [0.25, 0.3) is 0 Å². The van der Waals surface area contributed by atoms with Crippen molar-refractivity contribution in [2.24, 2.45) is 0 Å². The lowest BCUT2D eigenvalue weighted by Gasteiger charge is -2.34. The SMILES string of the molecule is Cc1ccccc1C1CCN(c2ccc(S(=O)(=O)N3CCN(C)CC3)cn2)CC1. The molecule has 0 unspecified atom stereocenters. The molecule has 1 aromatic carbocycles. The molecule has 2 fully saturated rings.